The Bertz CT molecular complexity index is 2120. The van der Waals surface area contributed by atoms with E-state index in [9.17, 15) is 59.4 Å². The van der Waals surface area contributed by atoms with Gasteiger partial charge < -0.3 is 51.2 Å². The molecule has 0 spiro atoms. The Morgan fingerprint density at radius 2 is 1.12 bits per heavy atom. The Labute approximate surface area is 344 Å². The molecule has 2 aromatic carbocycles. The normalized spacial score (nSPS) is 16.4. The van der Waals surface area contributed by atoms with E-state index < -0.39 is 47.8 Å². The van der Waals surface area contributed by atoms with Gasteiger partial charge in [-0.3, -0.25) is 48.4 Å². The average Bonchev–Trinajstić information content (AvgIpc) is 3.77. The van der Waals surface area contributed by atoms with Crippen LogP contribution < -0.4 is 10.6 Å². The van der Waals surface area contributed by atoms with Crippen LogP contribution >= 0.6 is 0 Å². The standard InChI is InChI=1S/C40H52N8O12/c49-27-1-3-31-29(18-27)25(20-42-31)7-8-41-39(58)33(17-26-21-43-32-4-2-28(50)19-30(26)32)44-35(51)6-5-34(40(59)60)48-15-13-46(23-37(54)55)11-9-45(22-36(52)53)10-12-47(14-16-48)24-38(56)57/h1-4,18-21,33-34,42-43,49-50H,5-17,22-24H2,(H,41,58)(H,44,51)(H,52,53)(H,54,55)(H,56,57)(H,59,60). The number of carbonyl (C=O) groups is 6. The zero-order valence-electron chi connectivity index (χ0n) is 33.0. The molecule has 0 radical (unpaired) electrons. The van der Waals surface area contributed by atoms with Crippen LogP contribution in [-0.4, -0.2) is 187 Å². The highest BCUT2D eigenvalue weighted by Gasteiger charge is 2.30. The largest absolute Gasteiger partial charge is 0.508 e. The second-order valence-electron chi connectivity index (χ2n) is 14.9. The summed E-state index contributed by atoms with van der Waals surface area (Å²) >= 11 is 0. The summed E-state index contributed by atoms with van der Waals surface area (Å²) in [5.74, 6) is -5.60. The summed E-state index contributed by atoms with van der Waals surface area (Å²) in [5, 5.41) is 66.2. The molecule has 2 unspecified atom stereocenters. The number of hydrogen-bond donors (Lipinski definition) is 10. The highest BCUT2D eigenvalue weighted by Crippen LogP contribution is 2.25. The molecule has 1 saturated heterocycles. The third-order valence-corrected chi connectivity index (χ3v) is 10.6. The smallest absolute Gasteiger partial charge is 0.320 e. The number of aromatic nitrogens is 2. The lowest BCUT2D eigenvalue weighted by Gasteiger charge is -2.35. The number of aliphatic carboxylic acids is 4. The van der Waals surface area contributed by atoms with Gasteiger partial charge in [0, 0.05) is 106 Å². The molecule has 60 heavy (non-hydrogen) atoms. The first-order valence-electron chi connectivity index (χ1n) is 19.6. The Morgan fingerprint density at radius 1 is 0.650 bits per heavy atom. The molecule has 10 N–H and O–H groups in total. The van der Waals surface area contributed by atoms with Gasteiger partial charge in [0.1, 0.15) is 23.6 Å². The molecule has 20 heteroatoms. The Morgan fingerprint density at radius 3 is 1.60 bits per heavy atom. The van der Waals surface area contributed by atoms with E-state index in [1.165, 1.54) is 6.07 Å². The first kappa shape index (κ1) is 44.9. The zero-order valence-corrected chi connectivity index (χ0v) is 33.0. The van der Waals surface area contributed by atoms with Gasteiger partial charge in [-0.1, -0.05) is 0 Å². The number of carboxylic acid groups (broad SMARTS) is 4. The van der Waals surface area contributed by atoms with E-state index in [0.29, 0.717) is 22.9 Å². The SMILES string of the molecule is O=C(O)CN1CCN(CC(=O)O)CCN(C(CCC(=O)NC(Cc2c[nH]c3ccc(O)cc23)C(=O)NCCc2c[nH]c3ccc(O)cc23)C(=O)O)CCN(CC(=O)O)CC1. The number of hydrogen-bond acceptors (Lipinski definition) is 12. The fourth-order valence-electron chi connectivity index (χ4n) is 7.49. The summed E-state index contributed by atoms with van der Waals surface area (Å²) in [5.41, 5.74) is 3.01. The second kappa shape index (κ2) is 21.2. The molecule has 2 amide bonds. The van der Waals surface area contributed by atoms with Crippen molar-refractivity contribution in [3.05, 3.63) is 59.9 Å². The maximum atomic E-state index is 13.8. The zero-order chi connectivity index (χ0) is 43.3. The van der Waals surface area contributed by atoms with Crippen molar-refractivity contribution in [1.29, 1.82) is 0 Å². The van der Waals surface area contributed by atoms with Crippen molar-refractivity contribution in [2.24, 2.45) is 0 Å². The molecule has 0 aliphatic carbocycles. The number of aromatic hydroxyl groups is 2. The van der Waals surface area contributed by atoms with Crippen molar-refractivity contribution >= 4 is 57.5 Å². The van der Waals surface area contributed by atoms with Crippen molar-refractivity contribution in [3.63, 3.8) is 0 Å². The first-order chi connectivity index (χ1) is 28.6. The molecule has 0 bridgehead atoms. The first-order valence-corrected chi connectivity index (χ1v) is 19.6. The highest BCUT2D eigenvalue weighted by atomic mass is 16.4. The Kier molecular flexibility index (Phi) is 15.8. The van der Waals surface area contributed by atoms with Crippen LogP contribution in [0.2, 0.25) is 0 Å². The molecule has 0 saturated carbocycles. The lowest BCUT2D eigenvalue weighted by molar-refractivity contribution is -0.145. The van der Waals surface area contributed by atoms with Crippen molar-refractivity contribution in [3.8, 4) is 11.5 Å². The number of phenols is 2. The number of benzene rings is 2. The molecular formula is C40H52N8O12. The molecule has 3 heterocycles. The number of aromatic amines is 2. The molecule has 20 nitrogen and oxygen atoms in total. The summed E-state index contributed by atoms with van der Waals surface area (Å²) in [7, 11) is 0. The third-order valence-electron chi connectivity index (χ3n) is 10.6. The van der Waals surface area contributed by atoms with Gasteiger partial charge in [-0.25, -0.2) is 0 Å². The minimum Gasteiger partial charge on any atom is -0.508 e. The third kappa shape index (κ3) is 13.1. The summed E-state index contributed by atoms with van der Waals surface area (Å²) in [6.07, 6.45) is 3.38. The maximum absolute atomic E-state index is 13.8. The van der Waals surface area contributed by atoms with Crippen LogP contribution in [0.1, 0.15) is 24.0 Å². The van der Waals surface area contributed by atoms with Crippen LogP contribution in [0.15, 0.2) is 48.8 Å². The number of nitrogens with zero attached hydrogens (tertiary/aromatic N) is 4. The van der Waals surface area contributed by atoms with Crippen LogP contribution in [0.5, 0.6) is 11.5 Å². The van der Waals surface area contributed by atoms with E-state index >= 15 is 0 Å². The van der Waals surface area contributed by atoms with Crippen molar-refractivity contribution in [2.45, 2.75) is 37.8 Å². The number of nitrogens with one attached hydrogen (secondary N) is 4. The van der Waals surface area contributed by atoms with E-state index in [-0.39, 0.29) is 109 Å². The van der Waals surface area contributed by atoms with Gasteiger partial charge >= 0.3 is 23.9 Å². The minimum absolute atomic E-state index is 0.0110. The summed E-state index contributed by atoms with van der Waals surface area (Å²) < 4.78 is 0. The van der Waals surface area contributed by atoms with Gasteiger partial charge in [0.15, 0.2) is 0 Å². The topological polar surface area (TPSA) is 292 Å². The van der Waals surface area contributed by atoms with Gasteiger partial charge in [0.05, 0.1) is 19.6 Å². The fourth-order valence-corrected chi connectivity index (χ4v) is 7.49. The van der Waals surface area contributed by atoms with Crippen molar-refractivity contribution in [1.82, 2.24) is 40.2 Å². The lowest BCUT2D eigenvalue weighted by atomic mass is 10.0. The van der Waals surface area contributed by atoms with Gasteiger partial charge in [0.2, 0.25) is 11.8 Å². The van der Waals surface area contributed by atoms with E-state index in [2.05, 4.69) is 20.6 Å². The molecular weight excluding hydrogens is 784 g/mol. The number of H-pyrrole nitrogens is 2. The summed E-state index contributed by atoms with van der Waals surface area (Å²) in [4.78, 5) is 87.7. The summed E-state index contributed by atoms with van der Waals surface area (Å²) in [6, 6.07) is 7.31. The molecule has 4 aromatic rings. The molecule has 2 atom stereocenters. The molecule has 5 rings (SSSR count). The predicted molar refractivity (Wildman–Crippen MR) is 217 cm³/mol. The molecule has 2 aromatic heterocycles. The van der Waals surface area contributed by atoms with Gasteiger partial charge in [0.25, 0.3) is 0 Å². The Balaban J connectivity index is 1.30. The number of rotatable bonds is 18. The quantitative estimate of drug-likeness (QED) is 0.0639. The number of phenolic OH excluding ortho intramolecular Hbond substituents is 2. The van der Waals surface area contributed by atoms with Crippen molar-refractivity contribution < 1.29 is 59.4 Å². The average molecular weight is 837 g/mol. The maximum Gasteiger partial charge on any atom is 0.320 e. The number of carbonyl (C=O) groups excluding carboxylic acids is 2. The van der Waals surface area contributed by atoms with Crippen LogP contribution in [0.25, 0.3) is 21.8 Å². The van der Waals surface area contributed by atoms with E-state index in [1.54, 1.807) is 62.3 Å². The number of fused-ring (bicyclic) bond motifs is 2. The molecule has 1 fully saturated rings. The van der Waals surface area contributed by atoms with Crippen LogP contribution in [0, 0.1) is 0 Å². The van der Waals surface area contributed by atoms with Crippen LogP contribution in [-0.2, 0) is 41.6 Å². The fraction of sp³-hybridized carbons (Fsp3) is 0.450. The van der Waals surface area contributed by atoms with Crippen molar-refractivity contribution in [2.75, 3.05) is 78.5 Å². The molecule has 1 aliphatic rings. The van der Waals surface area contributed by atoms with Gasteiger partial charge in [-0.2, -0.15) is 0 Å². The number of amides is 2. The Hall–Kier alpha value is -6.22. The number of carboxylic acids is 4. The summed E-state index contributed by atoms with van der Waals surface area (Å²) in [6.45, 7) is -0.00834. The van der Waals surface area contributed by atoms with E-state index in [0.717, 1.165) is 16.5 Å². The molecule has 324 valence electrons. The monoisotopic (exact) mass is 836 g/mol. The van der Waals surface area contributed by atoms with Gasteiger partial charge in [-0.15, -0.1) is 0 Å². The second-order valence-corrected chi connectivity index (χ2v) is 14.9. The lowest BCUT2D eigenvalue weighted by Crippen LogP contribution is -2.52. The molecule has 1 aliphatic heterocycles. The minimum atomic E-state index is -1.25. The van der Waals surface area contributed by atoms with Gasteiger partial charge in [-0.05, 0) is 60.4 Å². The van der Waals surface area contributed by atoms with Crippen LogP contribution in [0.4, 0.5) is 0 Å². The van der Waals surface area contributed by atoms with E-state index in [4.69, 9.17) is 0 Å². The van der Waals surface area contributed by atoms with Crippen LogP contribution in [0.3, 0.4) is 0 Å². The predicted octanol–water partition coefficient (Wildman–Crippen LogP) is 0.155. The highest BCUT2D eigenvalue weighted by molar-refractivity contribution is 5.90. The van der Waals surface area contributed by atoms with E-state index in [1.807, 2.05) is 0 Å².